The van der Waals surface area contributed by atoms with E-state index in [0.717, 1.165) is 0 Å². The Kier molecular flexibility index (Phi) is 7.20. The summed E-state index contributed by atoms with van der Waals surface area (Å²) >= 11 is 6.76. The van der Waals surface area contributed by atoms with Gasteiger partial charge in [-0.1, -0.05) is 15.9 Å². The average molecular weight is 502 g/mol. The Morgan fingerprint density at radius 3 is 2.69 bits per heavy atom. The minimum absolute atomic E-state index is 0.0754. The van der Waals surface area contributed by atoms with E-state index in [9.17, 15) is 18.4 Å². The summed E-state index contributed by atoms with van der Waals surface area (Å²) in [6, 6.07) is 0. The molecule has 1 atom stereocenters. The van der Waals surface area contributed by atoms with E-state index in [2.05, 4.69) is 41.9 Å². The van der Waals surface area contributed by atoms with Gasteiger partial charge in [-0.25, -0.2) is 0 Å². The van der Waals surface area contributed by atoms with Gasteiger partial charge in [0.2, 0.25) is 5.43 Å². The number of hydrogen-bond acceptors (Lipinski definition) is 4. The number of rotatable bonds is 8. The molecule has 26 heavy (non-hydrogen) atoms. The fourth-order valence-corrected chi connectivity index (χ4v) is 4.65. The molecule has 0 fully saturated rings. The molecule has 6 nitrogen and oxygen atoms in total. The number of nitrogens with one attached hydrogen (secondary N) is 1. The molecule has 2 rings (SSSR count). The number of pyridine rings is 1. The van der Waals surface area contributed by atoms with Gasteiger partial charge in [0.25, 0.3) is 5.91 Å². The smallest absolute Gasteiger partial charge is 0.345 e. The highest BCUT2D eigenvalue weighted by atomic mass is 79.9. The zero-order chi connectivity index (χ0) is 19.5. The quantitative estimate of drug-likeness (QED) is 0.556. The van der Waals surface area contributed by atoms with Gasteiger partial charge in [-0.05, 0) is 42.1 Å². The summed E-state index contributed by atoms with van der Waals surface area (Å²) in [6.07, 6.45) is 1.34. The molecule has 1 N–H and O–H groups in total. The van der Waals surface area contributed by atoms with E-state index in [1.807, 2.05) is 0 Å². The van der Waals surface area contributed by atoms with Crippen molar-refractivity contribution in [1.29, 1.82) is 0 Å². The molecule has 1 aliphatic heterocycles. The number of aromatic nitrogens is 1. The minimum atomic E-state index is -2.86. The van der Waals surface area contributed by atoms with Gasteiger partial charge in [-0.3, -0.25) is 9.59 Å². The van der Waals surface area contributed by atoms with Gasteiger partial charge in [-0.15, -0.1) is 0 Å². The summed E-state index contributed by atoms with van der Waals surface area (Å²) in [7, 11) is 1.32. The molecule has 1 aromatic heterocycles. The molecule has 0 saturated heterocycles. The molecule has 2 heterocycles. The lowest BCUT2D eigenvalue weighted by molar-refractivity contribution is -0.133. The highest BCUT2D eigenvalue weighted by molar-refractivity contribution is 9.10. The Morgan fingerprint density at radius 2 is 2.15 bits per heavy atom. The van der Waals surface area contributed by atoms with Crippen LogP contribution >= 0.6 is 31.9 Å². The first-order chi connectivity index (χ1) is 12.3. The van der Waals surface area contributed by atoms with Gasteiger partial charge >= 0.3 is 6.61 Å². The number of hydrogen-bond donors (Lipinski definition) is 1. The SMILES string of the molecule is CCNC(=O)c1c(OC)c(=O)c(Br)c2n1C(CBr)(CCOC(F)F)CC2. The lowest BCUT2D eigenvalue weighted by Crippen LogP contribution is -2.40. The summed E-state index contributed by atoms with van der Waals surface area (Å²) in [5.74, 6) is -0.522. The lowest BCUT2D eigenvalue weighted by Gasteiger charge is -2.33. The van der Waals surface area contributed by atoms with Crippen LogP contribution < -0.4 is 15.5 Å². The average Bonchev–Trinajstić information content (AvgIpc) is 2.97. The van der Waals surface area contributed by atoms with Crippen LogP contribution in [0.4, 0.5) is 8.78 Å². The fourth-order valence-electron chi connectivity index (χ4n) is 3.29. The first-order valence-electron chi connectivity index (χ1n) is 8.08. The Bertz CT molecular complexity index is 742. The van der Waals surface area contributed by atoms with Crippen LogP contribution in [0.15, 0.2) is 9.27 Å². The Labute approximate surface area is 166 Å². The Balaban J connectivity index is 2.66. The number of carbonyl (C=O) groups excluding carboxylic acids is 1. The molecule has 0 aliphatic carbocycles. The number of carbonyl (C=O) groups is 1. The van der Waals surface area contributed by atoms with Gasteiger partial charge in [0, 0.05) is 17.6 Å². The van der Waals surface area contributed by atoms with Crippen molar-refractivity contribution in [2.75, 3.05) is 25.6 Å². The fraction of sp³-hybridized carbons (Fsp3) is 0.625. The van der Waals surface area contributed by atoms with E-state index in [1.54, 1.807) is 11.5 Å². The molecular weight excluding hydrogens is 482 g/mol. The second-order valence-corrected chi connectivity index (χ2v) is 7.26. The number of halogens is 4. The normalized spacial score (nSPS) is 18.9. The second-order valence-electron chi connectivity index (χ2n) is 5.91. The molecule has 1 aliphatic rings. The van der Waals surface area contributed by atoms with Crippen LogP contribution in [0.3, 0.4) is 0 Å². The van der Waals surface area contributed by atoms with Crippen molar-refractivity contribution in [3.8, 4) is 5.75 Å². The van der Waals surface area contributed by atoms with Crippen molar-refractivity contribution in [2.45, 2.75) is 38.3 Å². The van der Waals surface area contributed by atoms with Crippen molar-refractivity contribution >= 4 is 37.8 Å². The number of ether oxygens (including phenoxy) is 2. The number of amides is 1. The van der Waals surface area contributed by atoms with Crippen molar-refractivity contribution in [3.63, 3.8) is 0 Å². The first kappa shape index (κ1) is 21.3. The zero-order valence-electron chi connectivity index (χ0n) is 14.4. The van der Waals surface area contributed by atoms with Crippen LogP contribution in [-0.2, 0) is 16.7 Å². The third-order valence-corrected chi connectivity index (χ3v) is 6.35. The Morgan fingerprint density at radius 1 is 1.46 bits per heavy atom. The van der Waals surface area contributed by atoms with Gasteiger partial charge in [0.15, 0.2) is 11.4 Å². The number of nitrogens with zero attached hydrogens (tertiary/aromatic N) is 1. The van der Waals surface area contributed by atoms with Gasteiger partial charge < -0.3 is 19.4 Å². The maximum atomic E-state index is 12.7. The summed E-state index contributed by atoms with van der Waals surface area (Å²) in [4.78, 5) is 25.3. The number of methoxy groups -OCH3 is 1. The molecule has 0 saturated carbocycles. The summed E-state index contributed by atoms with van der Waals surface area (Å²) < 4.78 is 36.5. The maximum absolute atomic E-state index is 12.7. The molecule has 1 aromatic rings. The summed E-state index contributed by atoms with van der Waals surface area (Å²) in [6.45, 7) is -0.900. The van der Waals surface area contributed by atoms with Crippen molar-refractivity contribution in [3.05, 3.63) is 26.1 Å². The molecule has 146 valence electrons. The first-order valence-corrected chi connectivity index (χ1v) is 10.00. The predicted octanol–water partition coefficient (Wildman–Crippen LogP) is 3.03. The standard InChI is InChI=1S/C16H20Br2F2N2O4/c1-3-21-14(24)11-13(25-2)12(23)10(18)9-4-5-16(8-17,22(9)11)6-7-26-15(19)20/h15H,3-8H2,1-2H3,(H,21,24). The van der Waals surface area contributed by atoms with E-state index >= 15 is 0 Å². The van der Waals surface area contributed by atoms with Crippen LogP contribution in [-0.4, -0.2) is 42.7 Å². The highest BCUT2D eigenvalue weighted by Gasteiger charge is 2.43. The summed E-state index contributed by atoms with van der Waals surface area (Å²) in [5, 5.41) is 3.10. The third kappa shape index (κ3) is 3.82. The molecule has 10 heteroatoms. The van der Waals surface area contributed by atoms with Crippen molar-refractivity contribution in [1.82, 2.24) is 9.88 Å². The van der Waals surface area contributed by atoms with Crippen LogP contribution in [0.25, 0.3) is 0 Å². The number of fused-ring (bicyclic) bond motifs is 1. The molecule has 0 radical (unpaired) electrons. The molecule has 0 spiro atoms. The highest BCUT2D eigenvalue weighted by Crippen LogP contribution is 2.42. The molecule has 1 unspecified atom stereocenters. The van der Waals surface area contributed by atoms with E-state index in [1.165, 1.54) is 7.11 Å². The van der Waals surface area contributed by atoms with Crippen LogP contribution in [0.5, 0.6) is 5.75 Å². The van der Waals surface area contributed by atoms with Crippen LogP contribution in [0.1, 0.15) is 35.9 Å². The molecule has 0 bridgehead atoms. The van der Waals surface area contributed by atoms with Crippen LogP contribution in [0, 0.1) is 0 Å². The van der Waals surface area contributed by atoms with Crippen molar-refractivity contribution in [2.24, 2.45) is 0 Å². The van der Waals surface area contributed by atoms with E-state index in [-0.39, 0.29) is 24.5 Å². The van der Waals surface area contributed by atoms with E-state index in [4.69, 9.17) is 4.74 Å². The topological polar surface area (TPSA) is 69.6 Å². The summed E-state index contributed by atoms with van der Waals surface area (Å²) in [5.41, 5.74) is -0.344. The van der Waals surface area contributed by atoms with E-state index < -0.39 is 23.5 Å². The molecule has 1 amide bonds. The van der Waals surface area contributed by atoms with E-state index in [0.29, 0.717) is 34.9 Å². The third-order valence-electron chi connectivity index (χ3n) is 4.49. The molecular formula is C16H20Br2F2N2O4. The second kappa shape index (κ2) is 8.79. The maximum Gasteiger partial charge on any atom is 0.345 e. The monoisotopic (exact) mass is 500 g/mol. The Hall–Kier alpha value is -1.00. The zero-order valence-corrected chi connectivity index (χ0v) is 17.6. The largest absolute Gasteiger partial charge is 0.491 e. The van der Waals surface area contributed by atoms with Crippen LogP contribution in [0.2, 0.25) is 0 Å². The predicted molar refractivity (Wildman–Crippen MR) is 99.6 cm³/mol. The van der Waals surface area contributed by atoms with Gasteiger partial charge in [-0.2, -0.15) is 8.78 Å². The minimum Gasteiger partial charge on any atom is -0.491 e. The lowest BCUT2D eigenvalue weighted by atomic mass is 9.95. The van der Waals surface area contributed by atoms with Gasteiger partial charge in [0.05, 0.1) is 23.7 Å². The number of alkyl halides is 3. The van der Waals surface area contributed by atoms with Crippen molar-refractivity contribution < 1.29 is 23.0 Å². The molecule has 0 aromatic carbocycles. The van der Waals surface area contributed by atoms with Gasteiger partial charge in [0.1, 0.15) is 0 Å².